The first kappa shape index (κ1) is 16.9. The molecule has 0 aliphatic rings. The average molecular weight is 315 g/mol. The van der Waals surface area contributed by atoms with Crippen molar-refractivity contribution in [1.29, 1.82) is 0 Å². The quantitative estimate of drug-likeness (QED) is 0.823. The second kappa shape index (κ2) is 6.73. The summed E-state index contributed by atoms with van der Waals surface area (Å²) in [5.41, 5.74) is 6.65. The van der Waals surface area contributed by atoms with Crippen LogP contribution in [0.1, 0.15) is 50.0 Å². The van der Waals surface area contributed by atoms with E-state index in [1.54, 1.807) is 13.0 Å². The van der Waals surface area contributed by atoms with Gasteiger partial charge in [0.2, 0.25) is 5.91 Å². The molecule has 1 aromatic heterocycles. The smallest absolute Gasteiger partial charge is 0.262 e. The highest BCUT2D eigenvalue weighted by atomic mass is 16.2. The number of nitrogens with two attached hydrogens (primary N) is 1. The predicted molar refractivity (Wildman–Crippen MR) is 88.4 cm³/mol. The molecule has 1 aromatic carbocycles. The van der Waals surface area contributed by atoms with E-state index in [0.717, 1.165) is 5.56 Å². The van der Waals surface area contributed by atoms with Crippen LogP contribution in [-0.2, 0) is 9.59 Å². The summed E-state index contributed by atoms with van der Waals surface area (Å²) in [6, 6.07) is 4.67. The number of fused-ring (bicyclic) bond motifs is 1. The van der Waals surface area contributed by atoms with E-state index in [1.165, 1.54) is 4.57 Å². The average Bonchev–Trinajstić information content (AvgIpc) is 2.49. The molecule has 1 unspecified atom stereocenters. The summed E-state index contributed by atoms with van der Waals surface area (Å²) in [6.07, 6.45) is 1.06. The fourth-order valence-electron chi connectivity index (χ4n) is 2.85. The number of aldehydes is 1. The number of aromatic nitrogens is 2. The van der Waals surface area contributed by atoms with Gasteiger partial charge in [-0.2, -0.15) is 0 Å². The molecule has 0 saturated heterocycles. The van der Waals surface area contributed by atoms with Gasteiger partial charge < -0.3 is 10.5 Å². The normalized spacial score (nSPS) is 12.5. The van der Waals surface area contributed by atoms with Crippen LogP contribution in [0.5, 0.6) is 0 Å². The summed E-state index contributed by atoms with van der Waals surface area (Å²) in [6.45, 7) is 5.66. The number of hydrogen-bond acceptors (Lipinski definition) is 4. The lowest BCUT2D eigenvalue weighted by molar-refractivity contribution is -0.121. The fraction of sp³-hybridized carbons (Fsp3) is 0.412. The van der Waals surface area contributed by atoms with Crippen LogP contribution in [0, 0.1) is 6.92 Å². The molecular weight excluding hydrogens is 294 g/mol. The molecule has 6 heteroatoms. The number of benzene rings is 1. The van der Waals surface area contributed by atoms with Crippen molar-refractivity contribution in [2.75, 3.05) is 0 Å². The Hall–Kier alpha value is -2.50. The largest absolute Gasteiger partial charge is 0.368 e. The van der Waals surface area contributed by atoms with Crippen molar-refractivity contribution in [1.82, 2.24) is 9.55 Å². The number of primary amides is 1. The van der Waals surface area contributed by atoms with Crippen LogP contribution in [0.3, 0.4) is 0 Å². The number of nitrogens with zero attached hydrogens (tertiary/aromatic N) is 2. The third kappa shape index (κ3) is 3.16. The highest BCUT2D eigenvalue weighted by Crippen LogP contribution is 2.23. The van der Waals surface area contributed by atoms with Crippen LogP contribution in [0.4, 0.5) is 0 Å². The van der Waals surface area contributed by atoms with Gasteiger partial charge in [-0.1, -0.05) is 26.0 Å². The first-order valence-electron chi connectivity index (χ1n) is 7.63. The van der Waals surface area contributed by atoms with E-state index in [2.05, 4.69) is 4.98 Å². The van der Waals surface area contributed by atoms with Crippen molar-refractivity contribution in [3.05, 3.63) is 39.9 Å². The molecule has 2 aromatic rings. The Morgan fingerprint density at radius 1 is 1.39 bits per heavy atom. The second-order valence-electron chi connectivity index (χ2n) is 5.89. The minimum absolute atomic E-state index is 0.145. The Morgan fingerprint density at radius 2 is 2.09 bits per heavy atom. The highest BCUT2D eigenvalue weighted by molar-refractivity contribution is 5.83. The summed E-state index contributed by atoms with van der Waals surface area (Å²) in [7, 11) is 0. The summed E-state index contributed by atoms with van der Waals surface area (Å²) >= 11 is 0. The molecule has 0 aliphatic heterocycles. The lowest BCUT2D eigenvalue weighted by Gasteiger charge is -2.20. The zero-order valence-electron chi connectivity index (χ0n) is 13.6. The maximum Gasteiger partial charge on any atom is 0.262 e. The van der Waals surface area contributed by atoms with E-state index in [4.69, 9.17) is 5.73 Å². The van der Waals surface area contributed by atoms with E-state index in [0.29, 0.717) is 23.0 Å². The van der Waals surface area contributed by atoms with Crippen LogP contribution in [0.2, 0.25) is 0 Å². The van der Waals surface area contributed by atoms with E-state index >= 15 is 0 Å². The zero-order valence-corrected chi connectivity index (χ0v) is 13.6. The predicted octanol–water partition coefficient (Wildman–Crippen LogP) is 1.83. The van der Waals surface area contributed by atoms with Gasteiger partial charge in [-0.25, -0.2) is 4.98 Å². The lowest BCUT2D eigenvalue weighted by Crippen LogP contribution is -2.36. The van der Waals surface area contributed by atoms with E-state index in [-0.39, 0.29) is 24.3 Å². The van der Waals surface area contributed by atoms with Gasteiger partial charge in [0.05, 0.1) is 10.9 Å². The first-order valence-corrected chi connectivity index (χ1v) is 7.63. The Bertz CT molecular complexity index is 809. The van der Waals surface area contributed by atoms with Crippen LogP contribution >= 0.6 is 0 Å². The molecule has 0 radical (unpaired) electrons. The number of carbonyl (C=O) groups is 2. The zero-order chi connectivity index (χ0) is 17.1. The minimum Gasteiger partial charge on any atom is -0.368 e. The summed E-state index contributed by atoms with van der Waals surface area (Å²) < 4.78 is 1.32. The maximum atomic E-state index is 13.0. The van der Waals surface area contributed by atoms with Crippen LogP contribution < -0.4 is 11.3 Å². The molecule has 0 saturated carbocycles. The van der Waals surface area contributed by atoms with Gasteiger partial charge in [0, 0.05) is 6.42 Å². The molecule has 2 rings (SSSR count). The van der Waals surface area contributed by atoms with Gasteiger partial charge in [0.25, 0.3) is 5.56 Å². The number of hydrogen-bond donors (Lipinski definition) is 1. The third-order valence-electron chi connectivity index (χ3n) is 3.96. The molecule has 122 valence electrons. The van der Waals surface area contributed by atoms with E-state index in [1.807, 2.05) is 26.0 Å². The molecule has 0 bridgehead atoms. The van der Waals surface area contributed by atoms with Crippen LogP contribution in [-0.4, -0.2) is 21.7 Å². The number of rotatable bonds is 6. The van der Waals surface area contributed by atoms with Crippen molar-refractivity contribution in [3.63, 3.8) is 0 Å². The first-order chi connectivity index (χ1) is 10.9. The molecule has 6 nitrogen and oxygen atoms in total. The standard InChI is InChI=1S/C17H21N3O3/c1-10(2)12-6-4-7-13-15(12)17(23)20(11(3)19-13)14(16(18)22)8-5-9-21/h4,6-7,9-10,14H,5,8H2,1-3H3,(H2,18,22). The minimum atomic E-state index is -0.871. The molecule has 0 spiro atoms. The van der Waals surface area contributed by atoms with E-state index < -0.39 is 11.9 Å². The second-order valence-corrected chi connectivity index (χ2v) is 5.89. The monoisotopic (exact) mass is 315 g/mol. The molecule has 1 heterocycles. The molecule has 1 atom stereocenters. The summed E-state index contributed by atoms with van der Waals surface area (Å²) in [4.78, 5) is 39.9. The molecule has 0 aliphatic carbocycles. The number of amides is 1. The van der Waals surface area contributed by atoms with Crippen LogP contribution in [0.25, 0.3) is 10.9 Å². The van der Waals surface area contributed by atoms with Gasteiger partial charge in [0.1, 0.15) is 18.2 Å². The van der Waals surface area contributed by atoms with Crippen molar-refractivity contribution >= 4 is 23.1 Å². The van der Waals surface area contributed by atoms with E-state index in [9.17, 15) is 14.4 Å². The Balaban J connectivity index is 2.78. The molecular formula is C17H21N3O3. The molecule has 2 N–H and O–H groups in total. The SMILES string of the molecule is Cc1nc2cccc(C(C)C)c2c(=O)n1C(CCC=O)C(N)=O. The lowest BCUT2D eigenvalue weighted by atomic mass is 9.98. The summed E-state index contributed by atoms with van der Waals surface area (Å²) in [5.74, 6) is -0.0790. The van der Waals surface area contributed by atoms with Gasteiger partial charge in [-0.05, 0) is 30.9 Å². The Kier molecular flexibility index (Phi) is 4.93. The molecule has 0 fully saturated rings. The topological polar surface area (TPSA) is 95.1 Å². The molecule has 1 amide bonds. The van der Waals surface area contributed by atoms with Gasteiger partial charge in [-0.15, -0.1) is 0 Å². The number of aryl methyl sites for hydroxylation is 1. The van der Waals surface area contributed by atoms with Crippen molar-refractivity contribution in [2.45, 2.75) is 45.6 Å². The highest BCUT2D eigenvalue weighted by Gasteiger charge is 2.23. The van der Waals surface area contributed by atoms with Crippen molar-refractivity contribution in [2.24, 2.45) is 5.73 Å². The molecule has 23 heavy (non-hydrogen) atoms. The van der Waals surface area contributed by atoms with Crippen molar-refractivity contribution in [3.8, 4) is 0 Å². The Labute approximate surface area is 134 Å². The van der Waals surface area contributed by atoms with Gasteiger partial charge in [-0.3, -0.25) is 14.2 Å². The van der Waals surface area contributed by atoms with Gasteiger partial charge in [0.15, 0.2) is 0 Å². The van der Waals surface area contributed by atoms with Crippen LogP contribution in [0.15, 0.2) is 23.0 Å². The number of carbonyl (C=O) groups excluding carboxylic acids is 2. The maximum absolute atomic E-state index is 13.0. The summed E-state index contributed by atoms with van der Waals surface area (Å²) in [5, 5.41) is 0.505. The Morgan fingerprint density at radius 3 is 2.65 bits per heavy atom. The fourth-order valence-corrected chi connectivity index (χ4v) is 2.85. The van der Waals surface area contributed by atoms with Gasteiger partial charge >= 0.3 is 0 Å². The third-order valence-corrected chi connectivity index (χ3v) is 3.96. The van der Waals surface area contributed by atoms with Crippen molar-refractivity contribution < 1.29 is 9.59 Å².